The Balaban J connectivity index is 2.19. The lowest BCUT2D eigenvalue weighted by molar-refractivity contribution is -0.124. The van der Waals surface area contributed by atoms with Crippen LogP contribution in [-0.2, 0) is 19.6 Å². The number of nitrogens with one attached hydrogen (secondary N) is 2. The molecule has 0 aliphatic rings. The first kappa shape index (κ1) is 21.4. The van der Waals surface area contributed by atoms with Crippen molar-refractivity contribution in [3.63, 3.8) is 0 Å². The summed E-state index contributed by atoms with van der Waals surface area (Å²) in [6, 6.07) is 11.0. The van der Waals surface area contributed by atoms with Crippen LogP contribution in [0.3, 0.4) is 0 Å². The molecule has 0 fully saturated rings. The molecule has 0 aromatic heterocycles. The van der Waals surface area contributed by atoms with E-state index in [9.17, 15) is 18.0 Å². The van der Waals surface area contributed by atoms with Crippen molar-refractivity contribution < 1.29 is 22.7 Å². The van der Waals surface area contributed by atoms with Gasteiger partial charge >= 0.3 is 5.97 Å². The fraction of sp³-hybridized carbons (Fsp3) is 0.300. The van der Waals surface area contributed by atoms with Gasteiger partial charge in [0.1, 0.15) is 0 Å². The molecule has 0 heterocycles. The van der Waals surface area contributed by atoms with Crippen LogP contribution in [0.1, 0.15) is 35.3 Å². The average molecular weight is 404 g/mol. The van der Waals surface area contributed by atoms with E-state index >= 15 is 0 Å². The third kappa shape index (κ3) is 5.82. The highest BCUT2D eigenvalue weighted by Gasteiger charge is 2.20. The summed E-state index contributed by atoms with van der Waals surface area (Å²) in [4.78, 5) is 23.9. The average Bonchev–Trinajstić information content (AvgIpc) is 2.59. The van der Waals surface area contributed by atoms with Crippen molar-refractivity contribution in [2.45, 2.75) is 38.6 Å². The van der Waals surface area contributed by atoms with Gasteiger partial charge in [-0.25, -0.2) is 13.2 Å². The van der Waals surface area contributed by atoms with Crippen molar-refractivity contribution in [3.8, 4) is 0 Å². The van der Waals surface area contributed by atoms with Crippen LogP contribution in [0.2, 0.25) is 0 Å². The van der Waals surface area contributed by atoms with Crippen molar-refractivity contribution in [2.75, 3.05) is 11.3 Å². The van der Waals surface area contributed by atoms with Crippen molar-refractivity contribution >= 4 is 27.6 Å². The lowest BCUT2D eigenvalue weighted by atomic mass is 10.1. The molecule has 0 unspecified atom stereocenters. The van der Waals surface area contributed by atoms with Gasteiger partial charge in [0, 0.05) is 11.7 Å². The number of rotatable bonds is 7. The Morgan fingerprint density at radius 1 is 1.07 bits per heavy atom. The number of ether oxygens (including phenoxy) is 1. The second-order valence-electron chi connectivity index (χ2n) is 6.75. The number of sulfonamides is 1. The number of aryl methyl sites for hydroxylation is 2. The SMILES string of the molecule is Cc1cccc(NS(=O)(=O)c2ccc(C)c(C(=O)OCC(=O)NC(C)C)c2)c1. The number of amides is 1. The number of hydrogen-bond acceptors (Lipinski definition) is 5. The Morgan fingerprint density at radius 2 is 1.79 bits per heavy atom. The third-order valence-electron chi connectivity index (χ3n) is 3.79. The molecular weight excluding hydrogens is 380 g/mol. The van der Waals surface area contributed by atoms with Crippen LogP contribution in [0.5, 0.6) is 0 Å². The number of hydrogen-bond donors (Lipinski definition) is 2. The van der Waals surface area contributed by atoms with E-state index in [0.29, 0.717) is 11.3 Å². The van der Waals surface area contributed by atoms with Crippen LogP contribution < -0.4 is 10.0 Å². The monoisotopic (exact) mass is 404 g/mol. The summed E-state index contributed by atoms with van der Waals surface area (Å²) in [5, 5.41) is 2.61. The van der Waals surface area contributed by atoms with Gasteiger partial charge in [0.05, 0.1) is 10.5 Å². The zero-order valence-electron chi connectivity index (χ0n) is 16.3. The van der Waals surface area contributed by atoms with Crippen LogP contribution in [-0.4, -0.2) is 32.9 Å². The lowest BCUT2D eigenvalue weighted by Gasteiger charge is -2.12. The van der Waals surface area contributed by atoms with Gasteiger partial charge in [-0.3, -0.25) is 9.52 Å². The van der Waals surface area contributed by atoms with E-state index in [1.807, 2.05) is 13.0 Å². The number of esters is 1. The molecule has 28 heavy (non-hydrogen) atoms. The lowest BCUT2D eigenvalue weighted by Crippen LogP contribution is -2.34. The maximum Gasteiger partial charge on any atom is 0.338 e. The fourth-order valence-corrected chi connectivity index (χ4v) is 3.56. The van der Waals surface area contributed by atoms with Crippen molar-refractivity contribution in [2.24, 2.45) is 0 Å². The molecule has 1 amide bonds. The van der Waals surface area contributed by atoms with Crippen molar-refractivity contribution in [1.29, 1.82) is 0 Å². The minimum Gasteiger partial charge on any atom is -0.452 e. The Morgan fingerprint density at radius 3 is 2.43 bits per heavy atom. The first-order valence-electron chi connectivity index (χ1n) is 8.75. The predicted molar refractivity (Wildman–Crippen MR) is 107 cm³/mol. The van der Waals surface area contributed by atoms with Gasteiger partial charge in [-0.05, 0) is 63.1 Å². The van der Waals surface area contributed by atoms with Crippen LogP contribution in [0.4, 0.5) is 5.69 Å². The van der Waals surface area contributed by atoms with Crippen molar-refractivity contribution in [1.82, 2.24) is 5.32 Å². The van der Waals surface area contributed by atoms with Crippen LogP contribution >= 0.6 is 0 Å². The quantitative estimate of drug-likeness (QED) is 0.691. The Kier molecular flexibility index (Phi) is 6.80. The number of carbonyl (C=O) groups is 2. The van der Waals surface area contributed by atoms with Crippen LogP contribution in [0.25, 0.3) is 0 Å². The van der Waals surface area contributed by atoms with E-state index in [1.54, 1.807) is 39.0 Å². The van der Waals surface area contributed by atoms with E-state index in [2.05, 4.69) is 10.0 Å². The highest BCUT2D eigenvalue weighted by atomic mass is 32.2. The maximum absolute atomic E-state index is 12.7. The van der Waals surface area contributed by atoms with Gasteiger partial charge in [-0.2, -0.15) is 0 Å². The third-order valence-corrected chi connectivity index (χ3v) is 5.17. The molecule has 150 valence electrons. The maximum atomic E-state index is 12.7. The highest BCUT2D eigenvalue weighted by molar-refractivity contribution is 7.92. The summed E-state index contributed by atoms with van der Waals surface area (Å²) in [5.74, 6) is -1.19. The standard InChI is InChI=1S/C20H24N2O5S/c1-13(2)21-19(23)12-27-20(24)18-11-17(9-8-15(18)4)28(25,26)22-16-7-5-6-14(3)10-16/h5-11,13,22H,12H2,1-4H3,(H,21,23). The second kappa shape index (κ2) is 8.88. The zero-order valence-corrected chi connectivity index (χ0v) is 17.1. The Bertz CT molecular complexity index is 984. The molecule has 0 aliphatic heterocycles. The number of anilines is 1. The second-order valence-corrected chi connectivity index (χ2v) is 8.43. The first-order chi connectivity index (χ1) is 13.1. The van der Waals surface area contributed by atoms with E-state index in [1.165, 1.54) is 18.2 Å². The molecule has 0 spiro atoms. The topological polar surface area (TPSA) is 102 Å². The Labute approximate surface area is 165 Å². The number of carbonyl (C=O) groups excluding carboxylic acids is 2. The molecular formula is C20H24N2O5S. The summed E-state index contributed by atoms with van der Waals surface area (Å²) in [6.07, 6.45) is 0. The smallest absolute Gasteiger partial charge is 0.338 e. The van der Waals surface area contributed by atoms with Crippen LogP contribution in [0.15, 0.2) is 47.4 Å². The summed E-state index contributed by atoms with van der Waals surface area (Å²) in [6.45, 7) is 6.66. The summed E-state index contributed by atoms with van der Waals surface area (Å²) < 4.78 is 32.8. The zero-order chi connectivity index (χ0) is 20.9. The van der Waals surface area contributed by atoms with Gasteiger partial charge in [0.2, 0.25) is 0 Å². The molecule has 0 aliphatic carbocycles. The van der Waals surface area contributed by atoms with Gasteiger partial charge in [0.15, 0.2) is 6.61 Å². The molecule has 0 radical (unpaired) electrons. The molecule has 7 nitrogen and oxygen atoms in total. The van der Waals surface area contributed by atoms with Gasteiger partial charge in [-0.1, -0.05) is 18.2 Å². The molecule has 2 aromatic rings. The van der Waals surface area contributed by atoms with E-state index in [4.69, 9.17) is 4.74 Å². The molecule has 2 N–H and O–H groups in total. The summed E-state index contributed by atoms with van der Waals surface area (Å²) in [5.41, 5.74) is 1.97. The molecule has 0 bridgehead atoms. The molecule has 0 saturated carbocycles. The number of benzene rings is 2. The molecule has 2 rings (SSSR count). The van der Waals surface area contributed by atoms with Gasteiger partial charge in [0.25, 0.3) is 15.9 Å². The highest BCUT2D eigenvalue weighted by Crippen LogP contribution is 2.20. The summed E-state index contributed by atoms with van der Waals surface area (Å²) >= 11 is 0. The predicted octanol–water partition coefficient (Wildman–Crippen LogP) is 2.79. The Hall–Kier alpha value is -2.87. The fourth-order valence-electron chi connectivity index (χ4n) is 2.48. The minimum atomic E-state index is -3.89. The molecule has 0 atom stereocenters. The molecule has 2 aromatic carbocycles. The minimum absolute atomic E-state index is 0.0711. The van der Waals surface area contributed by atoms with E-state index in [-0.39, 0.29) is 16.5 Å². The normalized spacial score (nSPS) is 11.2. The van der Waals surface area contributed by atoms with E-state index in [0.717, 1.165) is 5.56 Å². The van der Waals surface area contributed by atoms with Gasteiger partial charge < -0.3 is 10.1 Å². The van der Waals surface area contributed by atoms with E-state index < -0.39 is 28.5 Å². The van der Waals surface area contributed by atoms with Crippen molar-refractivity contribution in [3.05, 3.63) is 59.2 Å². The summed E-state index contributed by atoms with van der Waals surface area (Å²) in [7, 11) is -3.89. The first-order valence-corrected chi connectivity index (χ1v) is 10.2. The molecule has 0 saturated heterocycles. The van der Waals surface area contributed by atoms with Gasteiger partial charge in [-0.15, -0.1) is 0 Å². The van der Waals surface area contributed by atoms with Crippen LogP contribution in [0, 0.1) is 13.8 Å². The molecule has 8 heteroatoms. The largest absolute Gasteiger partial charge is 0.452 e.